The molecule has 29 heavy (non-hydrogen) atoms. The molecule has 3 aliphatic rings. The van der Waals surface area contributed by atoms with Crippen molar-refractivity contribution in [2.24, 2.45) is 5.92 Å². The molecule has 6 heteroatoms. The molecule has 1 N–H and O–H groups in total. The number of aromatic nitrogens is 1. The van der Waals surface area contributed by atoms with Crippen LogP contribution in [0.2, 0.25) is 0 Å². The van der Waals surface area contributed by atoms with E-state index in [1.807, 2.05) is 11.8 Å². The Morgan fingerprint density at radius 1 is 1.31 bits per heavy atom. The Morgan fingerprint density at radius 3 is 2.97 bits per heavy atom. The summed E-state index contributed by atoms with van der Waals surface area (Å²) >= 11 is 0. The molecule has 1 atom stereocenters. The Kier molecular flexibility index (Phi) is 4.87. The van der Waals surface area contributed by atoms with Gasteiger partial charge < -0.3 is 14.6 Å². The number of likely N-dealkylation sites (tertiary alicyclic amines) is 1. The van der Waals surface area contributed by atoms with Crippen LogP contribution in [0.1, 0.15) is 36.9 Å². The Balaban J connectivity index is 1.26. The first-order chi connectivity index (χ1) is 14.0. The summed E-state index contributed by atoms with van der Waals surface area (Å²) in [6.07, 6.45) is 5.30. The van der Waals surface area contributed by atoms with Gasteiger partial charge in [0.15, 0.2) is 0 Å². The number of benzene rings is 1. The van der Waals surface area contributed by atoms with Crippen molar-refractivity contribution < 1.29 is 13.9 Å². The average Bonchev–Trinajstić information content (AvgIpc) is 3.20. The molecule has 1 aromatic heterocycles. The Hall–Kier alpha value is -1.92. The first kappa shape index (κ1) is 19.1. The molecule has 0 radical (unpaired) electrons. The summed E-state index contributed by atoms with van der Waals surface area (Å²) in [6.45, 7) is 7.24. The van der Waals surface area contributed by atoms with E-state index in [4.69, 9.17) is 4.74 Å². The third-order valence-corrected chi connectivity index (χ3v) is 7.15. The standard InChI is InChI=1S/C23H30FN3O2/c1-16-19(20-11-18(24)5-6-21(20)25-16)12-22(28)27-8-7-23(15-27)14-26(9-10-29-23)13-17-3-2-4-17/h5-6,11,17,25H,2-4,7-10,12-15H2,1H3. The van der Waals surface area contributed by atoms with Gasteiger partial charge in [0.25, 0.3) is 0 Å². The highest BCUT2D eigenvalue weighted by molar-refractivity contribution is 5.90. The van der Waals surface area contributed by atoms with Gasteiger partial charge in [-0.05, 0) is 55.9 Å². The van der Waals surface area contributed by atoms with Crippen LogP contribution in [0.4, 0.5) is 4.39 Å². The summed E-state index contributed by atoms with van der Waals surface area (Å²) in [6, 6.07) is 4.71. The zero-order valence-electron chi connectivity index (χ0n) is 17.2. The van der Waals surface area contributed by atoms with Gasteiger partial charge in [0.1, 0.15) is 11.4 Å². The fourth-order valence-corrected chi connectivity index (χ4v) is 5.27. The molecule has 3 fully saturated rings. The molecule has 1 saturated carbocycles. The number of morpholine rings is 1. The van der Waals surface area contributed by atoms with Gasteiger partial charge in [-0.15, -0.1) is 0 Å². The molecule has 0 bridgehead atoms. The van der Waals surface area contributed by atoms with Crippen molar-refractivity contribution in [1.29, 1.82) is 0 Å². The zero-order chi connectivity index (χ0) is 20.0. The maximum absolute atomic E-state index is 13.7. The molecule has 1 aromatic carbocycles. The number of fused-ring (bicyclic) bond motifs is 1. The van der Waals surface area contributed by atoms with E-state index in [2.05, 4.69) is 9.88 Å². The lowest BCUT2D eigenvalue weighted by Crippen LogP contribution is -2.54. The minimum atomic E-state index is -0.271. The summed E-state index contributed by atoms with van der Waals surface area (Å²) < 4.78 is 20.0. The lowest BCUT2D eigenvalue weighted by molar-refractivity contribution is -0.134. The van der Waals surface area contributed by atoms with Gasteiger partial charge in [-0.3, -0.25) is 9.69 Å². The molecule has 2 saturated heterocycles. The van der Waals surface area contributed by atoms with Gasteiger partial charge in [-0.2, -0.15) is 0 Å². The minimum absolute atomic E-state index is 0.106. The van der Waals surface area contributed by atoms with Gasteiger partial charge in [0, 0.05) is 42.8 Å². The van der Waals surface area contributed by atoms with Crippen LogP contribution in [0, 0.1) is 18.7 Å². The number of rotatable bonds is 4. The second-order valence-electron chi connectivity index (χ2n) is 9.22. The maximum atomic E-state index is 13.7. The number of aromatic amines is 1. The number of aryl methyl sites for hydroxylation is 1. The van der Waals surface area contributed by atoms with E-state index in [0.717, 1.165) is 60.7 Å². The third-order valence-electron chi connectivity index (χ3n) is 7.15. The highest BCUT2D eigenvalue weighted by atomic mass is 19.1. The molecule has 156 valence electrons. The minimum Gasteiger partial charge on any atom is -0.370 e. The predicted octanol–water partition coefficient (Wildman–Crippen LogP) is 3.26. The number of H-pyrrole nitrogens is 1. The van der Waals surface area contributed by atoms with E-state index in [1.54, 1.807) is 6.07 Å². The fraction of sp³-hybridized carbons (Fsp3) is 0.609. The normalized spacial score (nSPS) is 25.8. The second-order valence-corrected chi connectivity index (χ2v) is 9.22. The number of nitrogens with one attached hydrogen (secondary N) is 1. The first-order valence-corrected chi connectivity index (χ1v) is 10.9. The molecule has 3 heterocycles. The first-order valence-electron chi connectivity index (χ1n) is 10.9. The monoisotopic (exact) mass is 399 g/mol. The Bertz CT molecular complexity index is 922. The van der Waals surface area contributed by atoms with Crippen LogP contribution in [0.3, 0.4) is 0 Å². The van der Waals surface area contributed by atoms with Crippen LogP contribution in [-0.2, 0) is 16.0 Å². The summed E-state index contributed by atoms with van der Waals surface area (Å²) in [5.74, 6) is 0.692. The van der Waals surface area contributed by atoms with Crippen molar-refractivity contribution in [3.05, 3.63) is 35.3 Å². The summed E-state index contributed by atoms with van der Waals surface area (Å²) in [5, 5.41) is 0.811. The molecule has 2 aliphatic heterocycles. The van der Waals surface area contributed by atoms with Gasteiger partial charge in [0.05, 0.1) is 19.6 Å². The summed E-state index contributed by atoms with van der Waals surface area (Å²) in [7, 11) is 0. The molecule has 1 unspecified atom stereocenters. The molecule has 1 amide bonds. The highest BCUT2D eigenvalue weighted by Gasteiger charge is 2.44. The van der Waals surface area contributed by atoms with E-state index in [-0.39, 0.29) is 17.3 Å². The van der Waals surface area contributed by atoms with E-state index in [0.29, 0.717) is 13.0 Å². The molecule has 1 aliphatic carbocycles. The molecule has 2 aromatic rings. The lowest BCUT2D eigenvalue weighted by atomic mass is 9.84. The number of nitrogens with zero attached hydrogens (tertiary/aromatic N) is 2. The highest BCUT2D eigenvalue weighted by Crippen LogP contribution is 2.33. The van der Waals surface area contributed by atoms with Crippen LogP contribution in [0.5, 0.6) is 0 Å². The summed E-state index contributed by atoms with van der Waals surface area (Å²) in [5.41, 5.74) is 2.51. The van der Waals surface area contributed by atoms with Crippen molar-refractivity contribution >= 4 is 16.8 Å². The number of hydrogen-bond acceptors (Lipinski definition) is 3. The van der Waals surface area contributed by atoms with Crippen LogP contribution in [0.15, 0.2) is 18.2 Å². The number of carbonyl (C=O) groups excluding carboxylic acids is 1. The number of carbonyl (C=O) groups is 1. The number of halogens is 1. The molecular formula is C23H30FN3O2. The fourth-order valence-electron chi connectivity index (χ4n) is 5.27. The van der Waals surface area contributed by atoms with Crippen molar-refractivity contribution in [3.63, 3.8) is 0 Å². The second kappa shape index (κ2) is 7.40. The largest absolute Gasteiger partial charge is 0.370 e. The quantitative estimate of drug-likeness (QED) is 0.859. The zero-order valence-corrected chi connectivity index (χ0v) is 17.2. The topological polar surface area (TPSA) is 48.6 Å². The van der Waals surface area contributed by atoms with Crippen molar-refractivity contribution in [3.8, 4) is 0 Å². The average molecular weight is 400 g/mol. The van der Waals surface area contributed by atoms with Gasteiger partial charge in [-0.25, -0.2) is 4.39 Å². The molecule has 1 spiro atoms. The third kappa shape index (κ3) is 3.68. The van der Waals surface area contributed by atoms with Gasteiger partial charge in [-0.1, -0.05) is 6.42 Å². The van der Waals surface area contributed by atoms with E-state index in [1.165, 1.54) is 37.9 Å². The van der Waals surface area contributed by atoms with Crippen LogP contribution in [-0.4, -0.2) is 65.6 Å². The van der Waals surface area contributed by atoms with E-state index >= 15 is 0 Å². The van der Waals surface area contributed by atoms with Crippen LogP contribution >= 0.6 is 0 Å². The molecular weight excluding hydrogens is 369 g/mol. The summed E-state index contributed by atoms with van der Waals surface area (Å²) in [4.78, 5) is 20.9. The predicted molar refractivity (Wildman–Crippen MR) is 110 cm³/mol. The van der Waals surface area contributed by atoms with E-state index < -0.39 is 0 Å². The van der Waals surface area contributed by atoms with Crippen LogP contribution < -0.4 is 0 Å². The van der Waals surface area contributed by atoms with E-state index in [9.17, 15) is 9.18 Å². The van der Waals surface area contributed by atoms with Gasteiger partial charge >= 0.3 is 0 Å². The molecule has 5 rings (SSSR count). The number of ether oxygens (including phenoxy) is 1. The number of hydrogen-bond donors (Lipinski definition) is 1. The van der Waals surface area contributed by atoms with Gasteiger partial charge in [0.2, 0.25) is 5.91 Å². The smallest absolute Gasteiger partial charge is 0.227 e. The Morgan fingerprint density at radius 2 is 2.17 bits per heavy atom. The lowest BCUT2D eigenvalue weighted by Gasteiger charge is -2.42. The molecule has 5 nitrogen and oxygen atoms in total. The SMILES string of the molecule is Cc1[nH]c2ccc(F)cc2c1CC(=O)N1CCC2(CN(CC3CCC3)CCO2)C1. The Labute approximate surface area is 171 Å². The van der Waals surface area contributed by atoms with Crippen LogP contribution in [0.25, 0.3) is 10.9 Å². The number of amides is 1. The van der Waals surface area contributed by atoms with Crippen molar-refractivity contribution in [1.82, 2.24) is 14.8 Å². The van der Waals surface area contributed by atoms with Crippen molar-refractivity contribution in [2.45, 2.75) is 44.6 Å². The van der Waals surface area contributed by atoms with Crippen molar-refractivity contribution in [2.75, 3.05) is 39.3 Å². The maximum Gasteiger partial charge on any atom is 0.227 e.